The van der Waals surface area contributed by atoms with Gasteiger partial charge in [-0.25, -0.2) is 4.39 Å². The number of halogens is 3. The molecule has 6 heteroatoms. The van der Waals surface area contributed by atoms with Crippen molar-refractivity contribution in [3.05, 3.63) is 92.7 Å². The van der Waals surface area contributed by atoms with Gasteiger partial charge in [0, 0.05) is 21.6 Å². The van der Waals surface area contributed by atoms with Crippen LogP contribution in [0.5, 0.6) is 11.5 Å². The van der Waals surface area contributed by atoms with E-state index in [-0.39, 0.29) is 5.82 Å². The minimum atomic E-state index is -0.178. The summed E-state index contributed by atoms with van der Waals surface area (Å²) in [5.74, 6) is 1.14. The topological polar surface area (TPSA) is 30.5 Å². The van der Waals surface area contributed by atoms with E-state index in [1.54, 1.807) is 19.2 Å². The predicted molar refractivity (Wildman–Crippen MR) is 118 cm³/mol. The molecule has 0 unspecified atom stereocenters. The van der Waals surface area contributed by atoms with Crippen LogP contribution in [0, 0.1) is 5.82 Å². The van der Waals surface area contributed by atoms with Gasteiger partial charge in [0.15, 0.2) is 11.5 Å². The zero-order valence-corrected chi connectivity index (χ0v) is 18.4. The number of methoxy groups -OCH3 is 1. The summed E-state index contributed by atoms with van der Waals surface area (Å²) in [5.41, 5.74) is 2.61. The second-order valence-corrected chi connectivity index (χ2v) is 7.78. The van der Waals surface area contributed by atoms with Crippen LogP contribution in [0.1, 0.15) is 16.7 Å². The zero-order chi connectivity index (χ0) is 20.6. The Bertz CT molecular complexity index is 967. The third kappa shape index (κ3) is 5.95. The van der Waals surface area contributed by atoms with Gasteiger partial charge >= 0.3 is 0 Å². The zero-order valence-electron chi connectivity index (χ0n) is 16.1. The third-order valence-corrected chi connectivity index (χ3v) is 5.47. The average Bonchev–Trinajstić information content (AvgIpc) is 2.72. The maximum absolute atomic E-state index is 13.8. The summed E-state index contributed by atoms with van der Waals surface area (Å²) in [7, 11) is 1.62. The molecule has 0 radical (unpaired) electrons. The van der Waals surface area contributed by atoms with Crippen LogP contribution in [0.2, 0.25) is 5.02 Å². The summed E-state index contributed by atoms with van der Waals surface area (Å²) >= 11 is 9.66. The van der Waals surface area contributed by atoms with Gasteiger partial charge in [0.05, 0.1) is 7.11 Å². The lowest BCUT2D eigenvalue weighted by atomic mass is 10.1. The minimum Gasteiger partial charge on any atom is -0.493 e. The highest BCUT2D eigenvalue weighted by atomic mass is 79.9. The molecule has 0 saturated carbocycles. The van der Waals surface area contributed by atoms with Crippen LogP contribution in [0.3, 0.4) is 0 Å². The van der Waals surface area contributed by atoms with Crippen molar-refractivity contribution in [1.29, 1.82) is 0 Å². The first-order valence-corrected chi connectivity index (χ1v) is 10.4. The largest absolute Gasteiger partial charge is 0.493 e. The molecule has 0 aliphatic rings. The first-order chi connectivity index (χ1) is 14.1. The second-order valence-electron chi connectivity index (χ2n) is 6.49. The van der Waals surface area contributed by atoms with Crippen molar-refractivity contribution in [2.24, 2.45) is 0 Å². The first-order valence-electron chi connectivity index (χ1n) is 9.25. The van der Waals surface area contributed by atoms with E-state index >= 15 is 0 Å². The lowest BCUT2D eigenvalue weighted by Crippen LogP contribution is -2.18. The molecule has 0 aliphatic carbocycles. The van der Waals surface area contributed by atoms with Gasteiger partial charge in [0.1, 0.15) is 12.4 Å². The summed E-state index contributed by atoms with van der Waals surface area (Å²) in [4.78, 5) is 0. The molecular weight excluding hydrogens is 457 g/mol. The number of rotatable bonds is 9. The molecule has 0 atom stereocenters. The molecule has 3 rings (SSSR count). The third-order valence-electron chi connectivity index (χ3n) is 4.49. The fraction of sp³-hybridized carbons (Fsp3) is 0.217. The Hall–Kier alpha value is -2.08. The van der Waals surface area contributed by atoms with Crippen LogP contribution < -0.4 is 14.8 Å². The number of hydrogen-bond acceptors (Lipinski definition) is 3. The lowest BCUT2D eigenvalue weighted by molar-refractivity contribution is 0.280. The van der Waals surface area contributed by atoms with Crippen molar-refractivity contribution in [3.8, 4) is 11.5 Å². The minimum absolute atomic E-state index is 0.178. The van der Waals surface area contributed by atoms with E-state index in [1.165, 1.54) is 6.07 Å². The van der Waals surface area contributed by atoms with Crippen molar-refractivity contribution in [2.45, 2.75) is 19.6 Å². The Balaban J connectivity index is 1.69. The summed E-state index contributed by atoms with van der Waals surface area (Å²) in [6.45, 7) is 1.56. The molecule has 3 aromatic rings. The second kappa shape index (κ2) is 10.6. The Morgan fingerprint density at radius 1 is 1.07 bits per heavy atom. The lowest BCUT2D eigenvalue weighted by Gasteiger charge is -2.17. The smallest absolute Gasteiger partial charge is 0.167 e. The number of hydrogen-bond donors (Lipinski definition) is 1. The van der Waals surface area contributed by atoms with Crippen LogP contribution in [-0.4, -0.2) is 13.7 Å². The van der Waals surface area contributed by atoms with E-state index in [0.717, 1.165) is 15.6 Å². The first kappa shape index (κ1) is 21.6. The van der Waals surface area contributed by atoms with Gasteiger partial charge in [0.25, 0.3) is 0 Å². The molecule has 152 valence electrons. The molecular formula is C23H22BrClFNO2. The van der Waals surface area contributed by atoms with E-state index < -0.39 is 0 Å². The van der Waals surface area contributed by atoms with E-state index in [2.05, 4.69) is 21.2 Å². The van der Waals surface area contributed by atoms with Gasteiger partial charge in [0.2, 0.25) is 0 Å². The molecule has 0 aromatic heterocycles. The van der Waals surface area contributed by atoms with Crippen molar-refractivity contribution in [1.82, 2.24) is 5.32 Å². The van der Waals surface area contributed by atoms with Gasteiger partial charge < -0.3 is 14.8 Å². The van der Waals surface area contributed by atoms with Crippen LogP contribution in [-0.2, 0) is 19.6 Å². The maximum Gasteiger partial charge on any atom is 0.167 e. The van der Waals surface area contributed by atoms with Crippen LogP contribution in [0.15, 0.2) is 65.1 Å². The molecule has 0 bridgehead atoms. The number of nitrogens with one attached hydrogen (secondary N) is 1. The normalized spacial score (nSPS) is 10.8. The van der Waals surface area contributed by atoms with Crippen molar-refractivity contribution >= 4 is 27.5 Å². The van der Waals surface area contributed by atoms with Crippen molar-refractivity contribution in [2.75, 3.05) is 13.7 Å². The van der Waals surface area contributed by atoms with E-state index in [1.807, 2.05) is 42.5 Å². The molecule has 0 heterocycles. The number of ether oxygens (including phenoxy) is 2. The SMILES string of the molecule is COc1ccc(Br)c(CNCCc2ccccc2F)c1OCc1cccc(Cl)c1. The van der Waals surface area contributed by atoms with Gasteiger partial charge in [-0.05, 0) is 54.4 Å². The summed E-state index contributed by atoms with van der Waals surface area (Å²) in [6.07, 6.45) is 0.604. The van der Waals surface area contributed by atoms with Crippen molar-refractivity contribution in [3.63, 3.8) is 0 Å². The molecule has 0 amide bonds. The van der Waals surface area contributed by atoms with Gasteiger partial charge in [-0.3, -0.25) is 0 Å². The van der Waals surface area contributed by atoms with Crippen LogP contribution >= 0.6 is 27.5 Å². The maximum atomic E-state index is 13.8. The quantitative estimate of drug-likeness (QED) is 0.374. The standard InChI is InChI=1S/C23H22BrClFNO2/c1-28-22-10-9-20(24)19(14-27-12-11-17-6-2-3-8-21(17)26)23(22)29-15-16-5-4-7-18(25)13-16/h2-10,13,27H,11-12,14-15H2,1H3. The molecule has 1 N–H and O–H groups in total. The van der Waals surface area contributed by atoms with E-state index in [9.17, 15) is 4.39 Å². The summed E-state index contributed by atoms with van der Waals surface area (Å²) in [6, 6.07) is 18.2. The molecule has 0 saturated heterocycles. The molecule has 29 heavy (non-hydrogen) atoms. The van der Waals surface area contributed by atoms with Gasteiger partial charge in [-0.1, -0.05) is 57.9 Å². The Kier molecular flexibility index (Phi) is 7.92. The fourth-order valence-electron chi connectivity index (χ4n) is 2.99. The summed E-state index contributed by atoms with van der Waals surface area (Å²) in [5, 5.41) is 4.03. The molecule has 3 nitrogen and oxygen atoms in total. The highest BCUT2D eigenvalue weighted by molar-refractivity contribution is 9.10. The average molecular weight is 479 g/mol. The summed E-state index contributed by atoms with van der Waals surface area (Å²) < 4.78 is 26.3. The highest BCUT2D eigenvalue weighted by Crippen LogP contribution is 2.37. The molecule has 0 aliphatic heterocycles. The van der Waals surface area contributed by atoms with E-state index in [0.29, 0.717) is 48.2 Å². The van der Waals surface area contributed by atoms with Crippen molar-refractivity contribution < 1.29 is 13.9 Å². The monoisotopic (exact) mass is 477 g/mol. The van der Waals surface area contributed by atoms with Crippen LogP contribution in [0.25, 0.3) is 0 Å². The fourth-order valence-corrected chi connectivity index (χ4v) is 3.65. The Labute approximate surface area is 183 Å². The Morgan fingerprint density at radius 3 is 2.66 bits per heavy atom. The van der Waals surface area contributed by atoms with Crippen LogP contribution in [0.4, 0.5) is 4.39 Å². The van der Waals surface area contributed by atoms with Gasteiger partial charge in [-0.15, -0.1) is 0 Å². The molecule has 0 fully saturated rings. The highest BCUT2D eigenvalue weighted by Gasteiger charge is 2.15. The molecule has 3 aromatic carbocycles. The molecule has 0 spiro atoms. The number of benzene rings is 3. The predicted octanol–water partition coefficient (Wildman–Crippen LogP) is 6.16. The Morgan fingerprint density at radius 2 is 1.90 bits per heavy atom. The van der Waals surface area contributed by atoms with Gasteiger partial charge in [-0.2, -0.15) is 0 Å². The van der Waals surface area contributed by atoms with E-state index in [4.69, 9.17) is 21.1 Å².